The van der Waals surface area contributed by atoms with E-state index in [-0.39, 0.29) is 18.1 Å². The number of thiophene rings is 1. The van der Waals surface area contributed by atoms with E-state index in [9.17, 15) is 13.2 Å². The standard InChI is InChI=1S/C20H27N3O3S2/c1-16(9-10-17-6-3-2-4-7-17)21-20(24)23-13-11-18(12-14-23)22-28(25,26)19-8-5-15-27-19/h2-8,15-16,18,22H,9-14H2,1H3,(H,21,24). The molecule has 2 amide bonds. The van der Waals surface area contributed by atoms with Crippen molar-refractivity contribution in [3.63, 3.8) is 0 Å². The Labute approximate surface area is 171 Å². The van der Waals surface area contributed by atoms with E-state index in [2.05, 4.69) is 22.2 Å². The van der Waals surface area contributed by atoms with Gasteiger partial charge in [-0.1, -0.05) is 36.4 Å². The lowest BCUT2D eigenvalue weighted by Crippen LogP contribution is -2.50. The van der Waals surface area contributed by atoms with Crippen LogP contribution in [0.2, 0.25) is 0 Å². The number of hydrogen-bond acceptors (Lipinski definition) is 4. The summed E-state index contributed by atoms with van der Waals surface area (Å²) in [6.07, 6.45) is 3.05. The van der Waals surface area contributed by atoms with E-state index in [4.69, 9.17) is 0 Å². The Balaban J connectivity index is 1.41. The van der Waals surface area contributed by atoms with Crippen LogP contribution in [0.4, 0.5) is 4.79 Å². The number of sulfonamides is 1. The van der Waals surface area contributed by atoms with Crippen molar-refractivity contribution in [3.05, 3.63) is 53.4 Å². The summed E-state index contributed by atoms with van der Waals surface area (Å²) < 4.78 is 27.7. The zero-order valence-electron chi connectivity index (χ0n) is 16.0. The summed E-state index contributed by atoms with van der Waals surface area (Å²) in [5, 5.41) is 4.81. The number of nitrogens with one attached hydrogen (secondary N) is 2. The second kappa shape index (κ2) is 9.54. The molecular formula is C20H27N3O3S2. The van der Waals surface area contributed by atoms with Crippen molar-refractivity contribution < 1.29 is 13.2 Å². The number of benzene rings is 1. The van der Waals surface area contributed by atoms with Crippen LogP contribution >= 0.6 is 11.3 Å². The minimum atomic E-state index is -3.46. The van der Waals surface area contributed by atoms with Crippen LogP contribution < -0.4 is 10.0 Å². The largest absolute Gasteiger partial charge is 0.336 e. The van der Waals surface area contributed by atoms with Gasteiger partial charge in [-0.15, -0.1) is 11.3 Å². The SMILES string of the molecule is CC(CCc1ccccc1)NC(=O)N1CCC(NS(=O)(=O)c2cccs2)CC1. The molecule has 2 N–H and O–H groups in total. The van der Waals surface area contributed by atoms with Crippen LogP contribution in [-0.4, -0.2) is 44.5 Å². The Hall–Kier alpha value is -1.90. The van der Waals surface area contributed by atoms with Gasteiger partial charge in [-0.25, -0.2) is 17.9 Å². The number of carbonyl (C=O) groups excluding carboxylic acids is 1. The smallest absolute Gasteiger partial charge is 0.317 e. The number of piperidine rings is 1. The number of rotatable bonds is 7. The molecule has 2 heterocycles. The number of hydrogen-bond donors (Lipinski definition) is 2. The second-order valence-electron chi connectivity index (χ2n) is 7.19. The van der Waals surface area contributed by atoms with Gasteiger partial charge in [0.15, 0.2) is 0 Å². The van der Waals surface area contributed by atoms with Gasteiger partial charge in [0.25, 0.3) is 0 Å². The summed E-state index contributed by atoms with van der Waals surface area (Å²) in [5.41, 5.74) is 1.27. The quantitative estimate of drug-likeness (QED) is 0.720. The molecule has 3 rings (SSSR count). The third-order valence-electron chi connectivity index (χ3n) is 4.94. The maximum atomic E-state index is 12.5. The third kappa shape index (κ3) is 5.80. The normalized spacial score (nSPS) is 16.7. The highest BCUT2D eigenvalue weighted by atomic mass is 32.2. The lowest BCUT2D eigenvalue weighted by Gasteiger charge is -2.33. The average molecular weight is 422 g/mol. The molecule has 0 spiro atoms. The number of aryl methyl sites for hydroxylation is 1. The molecule has 0 aliphatic carbocycles. The molecule has 2 aromatic rings. The number of likely N-dealkylation sites (tertiary alicyclic amines) is 1. The fourth-order valence-electron chi connectivity index (χ4n) is 3.30. The number of amides is 2. The molecule has 6 nitrogen and oxygen atoms in total. The topological polar surface area (TPSA) is 78.5 Å². The van der Waals surface area contributed by atoms with E-state index >= 15 is 0 Å². The molecule has 28 heavy (non-hydrogen) atoms. The molecule has 1 atom stereocenters. The maximum Gasteiger partial charge on any atom is 0.317 e. The summed E-state index contributed by atoms with van der Waals surface area (Å²) in [6, 6.07) is 13.4. The Morgan fingerprint density at radius 2 is 1.89 bits per heavy atom. The first kappa shape index (κ1) is 20.8. The highest BCUT2D eigenvalue weighted by Crippen LogP contribution is 2.19. The summed E-state index contributed by atoms with van der Waals surface area (Å²) in [7, 11) is -3.46. The molecule has 8 heteroatoms. The molecule has 1 aromatic heterocycles. The highest BCUT2D eigenvalue weighted by Gasteiger charge is 2.27. The minimum Gasteiger partial charge on any atom is -0.336 e. The van der Waals surface area contributed by atoms with Crippen molar-refractivity contribution in [1.82, 2.24) is 14.9 Å². The van der Waals surface area contributed by atoms with Crippen LogP contribution in [0.5, 0.6) is 0 Å². The van der Waals surface area contributed by atoms with Gasteiger partial charge in [-0.05, 0) is 49.6 Å². The van der Waals surface area contributed by atoms with Gasteiger partial charge in [0.05, 0.1) is 0 Å². The number of nitrogens with zero attached hydrogens (tertiary/aromatic N) is 1. The minimum absolute atomic E-state index is 0.0693. The highest BCUT2D eigenvalue weighted by molar-refractivity contribution is 7.91. The van der Waals surface area contributed by atoms with Gasteiger partial charge in [0.2, 0.25) is 10.0 Å². The van der Waals surface area contributed by atoms with Crippen molar-refractivity contribution in [2.45, 2.75) is 48.9 Å². The van der Waals surface area contributed by atoms with Gasteiger partial charge < -0.3 is 10.2 Å². The van der Waals surface area contributed by atoms with Crippen molar-refractivity contribution in [2.75, 3.05) is 13.1 Å². The van der Waals surface area contributed by atoms with Gasteiger partial charge >= 0.3 is 6.03 Å². The average Bonchev–Trinajstić information content (AvgIpc) is 3.23. The van der Waals surface area contributed by atoms with E-state index in [0.717, 1.165) is 12.8 Å². The lowest BCUT2D eigenvalue weighted by atomic mass is 10.1. The summed E-state index contributed by atoms with van der Waals surface area (Å²) in [4.78, 5) is 14.2. The molecule has 0 radical (unpaired) electrons. The monoisotopic (exact) mass is 421 g/mol. The first-order chi connectivity index (χ1) is 13.4. The van der Waals surface area contributed by atoms with E-state index in [0.29, 0.717) is 30.1 Å². The van der Waals surface area contributed by atoms with E-state index in [1.165, 1.54) is 16.9 Å². The zero-order valence-corrected chi connectivity index (χ0v) is 17.6. The van der Waals surface area contributed by atoms with E-state index in [1.54, 1.807) is 22.4 Å². The molecule has 1 fully saturated rings. The second-order valence-corrected chi connectivity index (χ2v) is 10.1. The van der Waals surface area contributed by atoms with E-state index < -0.39 is 10.0 Å². The first-order valence-electron chi connectivity index (χ1n) is 9.59. The Kier molecular flexibility index (Phi) is 7.09. The molecular weight excluding hydrogens is 394 g/mol. The maximum absolute atomic E-state index is 12.5. The van der Waals surface area contributed by atoms with Gasteiger partial charge in [0.1, 0.15) is 4.21 Å². The number of carbonyl (C=O) groups is 1. The van der Waals surface area contributed by atoms with Crippen LogP contribution in [0.15, 0.2) is 52.1 Å². The summed E-state index contributed by atoms with van der Waals surface area (Å²) in [5.74, 6) is 0. The Bertz CT molecular complexity index is 846. The molecule has 1 aliphatic rings. The molecule has 1 aliphatic heterocycles. The molecule has 0 bridgehead atoms. The van der Waals surface area contributed by atoms with Crippen LogP contribution in [0.25, 0.3) is 0 Å². The van der Waals surface area contributed by atoms with Crippen molar-refractivity contribution in [1.29, 1.82) is 0 Å². The van der Waals surface area contributed by atoms with Crippen LogP contribution in [0.3, 0.4) is 0 Å². The van der Waals surface area contributed by atoms with Crippen molar-refractivity contribution in [3.8, 4) is 0 Å². The fraction of sp³-hybridized carbons (Fsp3) is 0.450. The third-order valence-corrected chi connectivity index (χ3v) is 7.86. The predicted molar refractivity (Wildman–Crippen MR) is 112 cm³/mol. The van der Waals surface area contributed by atoms with Crippen LogP contribution in [-0.2, 0) is 16.4 Å². The lowest BCUT2D eigenvalue weighted by molar-refractivity contribution is 0.176. The summed E-state index contributed by atoms with van der Waals surface area (Å²) in [6.45, 7) is 3.12. The Morgan fingerprint density at radius 1 is 1.18 bits per heavy atom. The molecule has 1 unspecified atom stereocenters. The Morgan fingerprint density at radius 3 is 2.54 bits per heavy atom. The first-order valence-corrected chi connectivity index (χ1v) is 12.0. The molecule has 0 saturated carbocycles. The number of urea groups is 1. The summed E-state index contributed by atoms with van der Waals surface area (Å²) >= 11 is 1.21. The molecule has 1 saturated heterocycles. The van der Waals surface area contributed by atoms with Gasteiger partial charge in [-0.2, -0.15) is 0 Å². The van der Waals surface area contributed by atoms with Gasteiger partial charge in [0, 0.05) is 25.2 Å². The van der Waals surface area contributed by atoms with Gasteiger partial charge in [-0.3, -0.25) is 0 Å². The van der Waals surface area contributed by atoms with Crippen molar-refractivity contribution >= 4 is 27.4 Å². The van der Waals surface area contributed by atoms with E-state index in [1.807, 2.05) is 25.1 Å². The van der Waals surface area contributed by atoms with Crippen LogP contribution in [0, 0.1) is 0 Å². The van der Waals surface area contributed by atoms with Crippen LogP contribution in [0.1, 0.15) is 31.7 Å². The predicted octanol–water partition coefficient (Wildman–Crippen LogP) is 3.22. The molecule has 152 valence electrons. The fourth-order valence-corrected chi connectivity index (χ4v) is 5.61. The molecule has 1 aromatic carbocycles. The van der Waals surface area contributed by atoms with Crippen molar-refractivity contribution in [2.24, 2.45) is 0 Å². The zero-order chi connectivity index (χ0) is 20.0.